The van der Waals surface area contributed by atoms with Crippen molar-refractivity contribution in [3.05, 3.63) is 29.8 Å². The van der Waals surface area contributed by atoms with Crippen molar-refractivity contribution in [2.45, 2.75) is 31.7 Å². The predicted octanol–water partition coefficient (Wildman–Crippen LogP) is 1.17. The summed E-state index contributed by atoms with van der Waals surface area (Å²) >= 11 is 0. The van der Waals surface area contributed by atoms with Crippen molar-refractivity contribution in [1.82, 2.24) is 14.5 Å². The lowest BCUT2D eigenvalue weighted by molar-refractivity contribution is 0.0213. The molecular formula is C18H29N3O4S. The number of nitrogens with zero attached hydrogens (tertiary/aromatic N) is 2. The van der Waals surface area contributed by atoms with Gasteiger partial charge < -0.3 is 9.64 Å². The minimum Gasteiger partial charge on any atom is -0.379 e. The summed E-state index contributed by atoms with van der Waals surface area (Å²) in [5.74, 6) is -0.0900. The molecular weight excluding hydrogens is 354 g/mol. The Labute approximate surface area is 156 Å². The number of benzene rings is 1. The summed E-state index contributed by atoms with van der Waals surface area (Å²) in [5.41, 5.74) is 0.495. The van der Waals surface area contributed by atoms with Gasteiger partial charge in [0.15, 0.2) is 0 Å². The molecule has 1 fully saturated rings. The minimum atomic E-state index is -3.60. The molecule has 7 nitrogen and oxygen atoms in total. The summed E-state index contributed by atoms with van der Waals surface area (Å²) in [4.78, 5) is 16.4. The molecule has 8 heteroatoms. The fourth-order valence-corrected chi connectivity index (χ4v) is 4.05. The number of hydrogen-bond donors (Lipinski definition) is 1. The van der Waals surface area contributed by atoms with Crippen LogP contribution >= 0.6 is 0 Å². The average Bonchev–Trinajstić information content (AvgIpc) is 2.68. The van der Waals surface area contributed by atoms with Crippen molar-refractivity contribution in [3.63, 3.8) is 0 Å². The van der Waals surface area contributed by atoms with E-state index in [9.17, 15) is 13.2 Å². The lowest BCUT2D eigenvalue weighted by Crippen LogP contribution is -2.47. The largest absolute Gasteiger partial charge is 0.379 e. The highest BCUT2D eigenvalue weighted by molar-refractivity contribution is 7.89. The van der Waals surface area contributed by atoms with Gasteiger partial charge in [-0.25, -0.2) is 13.1 Å². The van der Waals surface area contributed by atoms with Crippen LogP contribution in [0.15, 0.2) is 29.2 Å². The van der Waals surface area contributed by atoms with Gasteiger partial charge in [0.1, 0.15) is 0 Å². The number of amides is 1. The van der Waals surface area contributed by atoms with Gasteiger partial charge in [0.2, 0.25) is 10.0 Å². The highest BCUT2D eigenvalue weighted by atomic mass is 32.2. The lowest BCUT2D eigenvalue weighted by atomic mass is 10.2. The van der Waals surface area contributed by atoms with Crippen LogP contribution in [-0.4, -0.2) is 76.1 Å². The Hall–Kier alpha value is -1.48. The van der Waals surface area contributed by atoms with Crippen molar-refractivity contribution in [2.75, 3.05) is 45.9 Å². The zero-order valence-corrected chi connectivity index (χ0v) is 16.6. The lowest BCUT2D eigenvalue weighted by Gasteiger charge is -2.32. The van der Waals surface area contributed by atoms with Crippen LogP contribution in [0.5, 0.6) is 0 Å². The molecule has 1 aliphatic rings. The molecule has 2 rings (SSSR count). The number of rotatable bonds is 8. The topological polar surface area (TPSA) is 79.0 Å². The number of morpholine rings is 1. The quantitative estimate of drug-likeness (QED) is 0.729. The second-order valence-corrected chi connectivity index (χ2v) is 8.12. The number of hydrogen-bond acceptors (Lipinski definition) is 5. The van der Waals surface area contributed by atoms with E-state index in [4.69, 9.17) is 4.74 Å². The second kappa shape index (κ2) is 9.45. The van der Waals surface area contributed by atoms with E-state index in [-0.39, 0.29) is 16.8 Å². The third kappa shape index (κ3) is 5.26. The molecule has 0 aromatic heterocycles. The molecule has 26 heavy (non-hydrogen) atoms. The third-order valence-corrected chi connectivity index (χ3v) is 6.14. The molecule has 1 heterocycles. The van der Waals surface area contributed by atoms with Gasteiger partial charge in [0, 0.05) is 44.3 Å². The second-order valence-electron chi connectivity index (χ2n) is 6.35. The van der Waals surface area contributed by atoms with Crippen molar-refractivity contribution in [1.29, 1.82) is 0 Å². The summed E-state index contributed by atoms with van der Waals surface area (Å²) < 4.78 is 33.0. The van der Waals surface area contributed by atoms with Crippen molar-refractivity contribution >= 4 is 15.9 Å². The van der Waals surface area contributed by atoms with Gasteiger partial charge in [-0.3, -0.25) is 9.69 Å². The Kier molecular flexibility index (Phi) is 7.57. The average molecular weight is 384 g/mol. The highest BCUT2D eigenvalue weighted by Gasteiger charge is 2.21. The van der Waals surface area contributed by atoms with Gasteiger partial charge in [-0.2, -0.15) is 0 Å². The molecule has 146 valence electrons. The van der Waals surface area contributed by atoms with E-state index >= 15 is 0 Å². The first-order chi connectivity index (χ1) is 12.4. The Bertz CT molecular complexity index is 681. The van der Waals surface area contributed by atoms with Crippen LogP contribution in [-0.2, 0) is 14.8 Å². The summed E-state index contributed by atoms with van der Waals surface area (Å²) in [6.07, 6.45) is 0. The molecule has 0 radical (unpaired) electrons. The molecule has 0 saturated carbocycles. The summed E-state index contributed by atoms with van der Waals surface area (Å²) in [5, 5.41) is 0. The first kappa shape index (κ1) is 20.8. The van der Waals surface area contributed by atoms with E-state index in [1.54, 1.807) is 17.0 Å². The zero-order valence-electron chi connectivity index (χ0n) is 15.8. The molecule has 1 unspecified atom stereocenters. The number of ether oxygens (including phenoxy) is 1. The van der Waals surface area contributed by atoms with Crippen LogP contribution < -0.4 is 4.72 Å². The van der Waals surface area contributed by atoms with Gasteiger partial charge in [0.05, 0.1) is 18.1 Å². The van der Waals surface area contributed by atoms with E-state index in [0.29, 0.717) is 38.4 Å². The van der Waals surface area contributed by atoms with Crippen LogP contribution in [0.1, 0.15) is 31.1 Å². The van der Waals surface area contributed by atoms with Gasteiger partial charge in [-0.15, -0.1) is 0 Å². The molecule has 0 bridgehead atoms. The number of sulfonamides is 1. The van der Waals surface area contributed by atoms with Gasteiger partial charge in [-0.05, 0) is 45.0 Å². The monoisotopic (exact) mass is 383 g/mol. The maximum absolute atomic E-state index is 12.5. The van der Waals surface area contributed by atoms with E-state index in [1.807, 2.05) is 20.8 Å². The first-order valence-corrected chi connectivity index (χ1v) is 10.6. The van der Waals surface area contributed by atoms with E-state index < -0.39 is 10.0 Å². The van der Waals surface area contributed by atoms with Crippen LogP contribution in [0.2, 0.25) is 0 Å². The maximum Gasteiger partial charge on any atom is 0.253 e. The molecule has 1 aromatic rings. The summed E-state index contributed by atoms with van der Waals surface area (Å²) in [6.45, 7) is 10.4. The molecule has 1 saturated heterocycles. The fourth-order valence-electron chi connectivity index (χ4n) is 2.93. The minimum absolute atomic E-state index is 0.0900. The van der Waals surface area contributed by atoms with Crippen LogP contribution in [0.3, 0.4) is 0 Å². The zero-order chi connectivity index (χ0) is 19.2. The van der Waals surface area contributed by atoms with Gasteiger partial charge in [-0.1, -0.05) is 0 Å². The fraction of sp³-hybridized carbons (Fsp3) is 0.611. The number of nitrogens with one attached hydrogen (secondary N) is 1. The predicted molar refractivity (Wildman–Crippen MR) is 101 cm³/mol. The highest BCUT2D eigenvalue weighted by Crippen LogP contribution is 2.13. The molecule has 1 N–H and O–H groups in total. The Morgan fingerprint density at radius 2 is 1.77 bits per heavy atom. The van der Waals surface area contributed by atoms with Crippen LogP contribution in [0.4, 0.5) is 0 Å². The Morgan fingerprint density at radius 3 is 2.31 bits per heavy atom. The van der Waals surface area contributed by atoms with Crippen molar-refractivity contribution in [3.8, 4) is 0 Å². The standard InChI is InChI=1S/C18H29N3O4S/c1-4-20(5-2)18(22)16-6-8-17(9-7-16)26(23,24)19-14-15(3)21-10-12-25-13-11-21/h6-9,15,19H,4-5,10-14H2,1-3H3. The Morgan fingerprint density at radius 1 is 1.19 bits per heavy atom. The van der Waals surface area contributed by atoms with Crippen LogP contribution in [0.25, 0.3) is 0 Å². The molecule has 0 spiro atoms. The Balaban J connectivity index is 1.99. The number of carbonyl (C=O) groups is 1. The molecule has 0 aliphatic carbocycles. The SMILES string of the molecule is CCN(CC)C(=O)c1ccc(S(=O)(=O)NCC(C)N2CCOCC2)cc1. The van der Waals surface area contributed by atoms with Crippen molar-refractivity contribution in [2.24, 2.45) is 0 Å². The molecule has 1 atom stereocenters. The normalized spacial score (nSPS) is 17.0. The summed E-state index contributed by atoms with van der Waals surface area (Å²) in [6, 6.07) is 6.20. The first-order valence-electron chi connectivity index (χ1n) is 9.09. The maximum atomic E-state index is 12.5. The van der Waals surface area contributed by atoms with E-state index in [2.05, 4.69) is 9.62 Å². The van der Waals surface area contributed by atoms with E-state index in [0.717, 1.165) is 13.1 Å². The number of carbonyl (C=O) groups excluding carboxylic acids is 1. The van der Waals surface area contributed by atoms with Gasteiger partial charge >= 0.3 is 0 Å². The van der Waals surface area contributed by atoms with Crippen LogP contribution in [0, 0.1) is 0 Å². The van der Waals surface area contributed by atoms with Crippen molar-refractivity contribution < 1.29 is 17.9 Å². The molecule has 1 amide bonds. The molecule has 1 aliphatic heterocycles. The molecule has 1 aromatic carbocycles. The van der Waals surface area contributed by atoms with E-state index in [1.165, 1.54) is 12.1 Å². The smallest absolute Gasteiger partial charge is 0.253 e. The van der Waals surface area contributed by atoms with Gasteiger partial charge in [0.25, 0.3) is 5.91 Å². The third-order valence-electron chi connectivity index (χ3n) is 4.70. The summed E-state index contributed by atoms with van der Waals surface area (Å²) in [7, 11) is -3.60.